The number of aromatic amines is 1. The summed E-state index contributed by atoms with van der Waals surface area (Å²) >= 11 is 0. The molecule has 0 bridgehead atoms. The first-order valence-electron chi connectivity index (χ1n) is 11.3. The fourth-order valence-corrected chi connectivity index (χ4v) is 3.95. The number of fused-ring (bicyclic) bond motifs is 2. The highest BCUT2D eigenvalue weighted by molar-refractivity contribution is 6.04. The lowest BCUT2D eigenvalue weighted by molar-refractivity contribution is -0.119. The number of nitrogens with zero attached hydrogens (tertiary/aromatic N) is 2. The Kier molecular flexibility index (Phi) is 6.10. The molecule has 2 atom stereocenters. The van der Waals surface area contributed by atoms with Gasteiger partial charge in [0.25, 0.3) is 5.91 Å². The van der Waals surface area contributed by atoms with Crippen LogP contribution in [0.3, 0.4) is 0 Å². The number of aromatic nitrogens is 3. The number of aryl methyl sites for hydroxylation is 1. The lowest BCUT2D eigenvalue weighted by atomic mass is 9.87. The molecule has 1 aliphatic rings. The number of carbonyl (C=O) groups excluding carboxylic acids is 2. The molecule has 0 unspecified atom stereocenters. The van der Waals surface area contributed by atoms with Gasteiger partial charge in [-0.15, -0.1) is 0 Å². The Morgan fingerprint density at radius 1 is 1.27 bits per heavy atom. The van der Waals surface area contributed by atoms with Gasteiger partial charge in [0, 0.05) is 19.2 Å². The summed E-state index contributed by atoms with van der Waals surface area (Å²) in [5.41, 5.74) is 3.62. The molecule has 8 heteroatoms. The van der Waals surface area contributed by atoms with Crippen LogP contribution in [0.4, 0.5) is 0 Å². The number of hydrogen-bond acceptors (Lipinski definition) is 5. The molecule has 1 aromatic carbocycles. The molecule has 0 spiro atoms. The molecule has 2 heterocycles. The Balaban J connectivity index is 1.58. The van der Waals surface area contributed by atoms with Crippen LogP contribution in [0.15, 0.2) is 30.6 Å². The molecule has 0 saturated heterocycles. The highest BCUT2D eigenvalue weighted by Crippen LogP contribution is 2.34. The molecule has 2 amide bonds. The summed E-state index contributed by atoms with van der Waals surface area (Å²) in [5, 5.41) is 6.06. The van der Waals surface area contributed by atoms with E-state index in [0.29, 0.717) is 28.4 Å². The van der Waals surface area contributed by atoms with Crippen LogP contribution in [0.5, 0.6) is 11.6 Å². The lowest BCUT2D eigenvalue weighted by Gasteiger charge is -2.27. The molecule has 33 heavy (non-hydrogen) atoms. The van der Waals surface area contributed by atoms with Crippen molar-refractivity contribution in [3.05, 3.63) is 47.3 Å². The normalized spacial score (nSPS) is 16.7. The van der Waals surface area contributed by atoms with Gasteiger partial charge in [0.15, 0.2) is 5.65 Å². The van der Waals surface area contributed by atoms with Crippen molar-refractivity contribution in [1.29, 1.82) is 0 Å². The number of benzene rings is 1. The summed E-state index contributed by atoms with van der Waals surface area (Å²) in [4.78, 5) is 36.4. The number of H-pyrrole nitrogens is 1. The van der Waals surface area contributed by atoms with Crippen LogP contribution in [-0.4, -0.2) is 32.8 Å². The van der Waals surface area contributed by atoms with Crippen LogP contribution >= 0.6 is 0 Å². The van der Waals surface area contributed by atoms with Gasteiger partial charge in [-0.1, -0.05) is 26.8 Å². The molecular formula is C25H31N5O3. The van der Waals surface area contributed by atoms with Crippen molar-refractivity contribution in [2.45, 2.75) is 66.0 Å². The van der Waals surface area contributed by atoms with E-state index in [0.717, 1.165) is 24.8 Å². The van der Waals surface area contributed by atoms with Gasteiger partial charge in [-0.05, 0) is 54.9 Å². The van der Waals surface area contributed by atoms with Gasteiger partial charge in [0.1, 0.15) is 11.3 Å². The Labute approximate surface area is 193 Å². The van der Waals surface area contributed by atoms with Crippen molar-refractivity contribution in [1.82, 2.24) is 25.6 Å². The molecule has 0 radical (unpaired) electrons. The van der Waals surface area contributed by atoms with E-state index in [1.54, 1.807) is 6.20 Å². The van der Waals surface area contributed by atoms with E-state index in [-0.39, 0.29) is 29.3 Å². The smallest absolute Gasteiger partial charge is 0.255 e. The van der Waals surface area contributed by atoms with E-state index in [2.05, 4.69) is 46.4 Å². The number of carbonyl (C=O) groups is 2. The topological polar surface area (TPSA) is 109 Å². The van der Waals surface area contributed by atoms with Gasteiger partial charge in [-0.2, -0.15) is 0 Å². The molecule has 1 aliphatic carbocycles. The van der Waals surface area contributed by atoms with Crippen molar-refractivity contribution in [3.8, 4) is 11.6 Å². The molecule has 0 saturated carbocycles. The van der Waals surface area contributed by atoms with Crippen molar-refractivity contribution in [3.63, 3.8) is 0 Å². The molecule has 174 valence electrons. The first-order valence-corrected chi connectivity index (χ1v) is 11.3. The minimum absolute atomic E-state index is 0.0191. The van der Waals surface area contributed by atoms with E-state index in [1.165, 1.54) is 18.7 Å². The van der Waals surface area contributed by atoms with Crippen molar-refractivity contribution >= 4 is 23.0 Å². The van der Waals surface area contributed by atoms with Gasteiger partial charge < -0.3 is 20.4 Å². The third-order valence-corrected chi connectivity index (χ3v) is 6.28. The summed E-state index contributed by atoms with van der Waals surface area (Å²) in [6.45, 7) is 9.75. The predicted octanol–water partition coefficient (Wildman–Crippen LogP) is 4.43. The van der Waals surface area contributed by atoms with E-state index in [1.807, 2.05) is 25.1 Å². The summed E-state index contributed by atoms with van der Waals surface area (Å²) < 4.78 is 6.01. The number of ether oxygens (including phenoxy) is 1. The second-order valence-corrected chi connectivity index (χ2v) is 9.78. The van der Waals surface area contributed by atoms with Gasteiger partial charge in [0.2, 0.25) is 11.8 Å². The van der Waals surface area contributed by atoms with Crippen molar-refractivity contribution < 1.29 is 14.3 Å². The van der Waals surface area contributed by atoms with Crippen LogP contribution in [0.2, 0.25) is 0 Å². The second kappa shape index (κ2) is 8.84. The van der Waals surface area contributed by atoms with E-state index in [4.69, 9.17) is 4.74 Å². The summed E-state index contributed by atoms with van der Waals surface area (Å²) in [6, 6.07) is 5.85. The standard InChI is InChI=1S/C25H31N5O3/c1-14(25(3,4)5)28-24(32)19-12-26-23-22(19)30-21(13-27-23)33-17-10-9-16-7-6-8-20(18(16)11-17)29-15(2)31/h9-14,20H,6-8H2,1-5H3,(H,26,27)(H,28,32)(H,29,31)/t14-,20+/m0/s1. The molecule has 8 nitrogen and oxygen atoms in total. The predicted molar refractivity (Wildman–Crippen MR) is 126 cm³/mol. The zero-order valence-electron chi connectivity index (χ0n) is 19.8. The SMILES string of the molecule is CC(=O)N[C@@H]1CCCc2ccc(Oc3cnc4[nH]cc(C(=O)N[C@@H](C)C(C)(C)C)c4n3)cc21. The highest BCUT2D eigenvalue weighted by atomic mass is 16.5. The molecule has 0 fully saturated rings. The quantitative estimate of drug-likeness (QED) is 0.534. The van der Waals surface area contributed by atoms with E-state index < -0.39 is 0 Å². The highest BCUT2D eigenvalue weighted by Gasteiger charge is 2.25. The molecular weight excluding hydrogens is 418 g/mol. The summed E-state index contributed by atoms with van der Waals surface area (Å²) in [7, 11) is 0. The van der Waals surface area contributed by atoms with Gasteiger partial charge in [-0.3, -0.25) is 9.59 Å². The minimum atomic E-state index is -0.206. The number of rotatable bonds is 5. The molecule has 3 aromatic rings. The molecule has 0 aliphatic heterocycles. The Bertz CT molecular complexity index is 1190. The maximum Gasteiger partial charge on any atom is 0.255 e. The molecule has 3 N–H and O–H groups in total. The maximum absolute atomic E-state index is 12.9. The Hall–Kier alpha value is -3.42. The molecule has 4 rings (SSSR count). The first-order chi connectivity index (χ1) is 15.6. The zero-order chi connectivity index (χ0) is 23.8. The van der Waals surface area contributed by atoms with Crippen molar-refractivity contribution in [2.24, 2.45) is 5.41 Å². The van der Waals surface area contributed by atoms with Crippen LogP contribution in [0, 0.1) is 5.41 Å². The van der Waals surface area contributed by atoms with E-state index >= 15 is 0 Å². The van der Waals surface area contributed by atoms with Crippen molar-refractivity contribution in [2.75, 3.05) is 0 Å². The third-order valence-electron chi connectivity index (χ3n) is 6.28. The number of hydrogen-bond donors (Lipinski definition) is 3. The van der Waals surface area contributed by atoms with Crippen LogP contribution in [-0.2, 0) is 11.2 Å². The largest absolute Gasteiger partial charge is 0.437 e. The number of amides is 2. The summed E-state index contributed by atoms with van der Waals surface area (Å²) in [5.74, 6) is 0.658. The fourth-order valence-electron chi connectivity index (χ4n) is 3.95. The first kappa shape index (κ1) is 22.8. The Morgan fingerprint density at radius 3 is 2.79 bits per heavy atom. The van der Waals surface area contributed by atoms with Gasteiger partial charge in [-0.25, -0.2) is 9.97 Å². The lowest BCUT2D eigenvalue weighted by Crippen LogP contribution is -2.41. The average Bonchev–Trinajstić information content (AvgIpc) is 3.16. The maximum atomic E-state index is 12.9. The minimum Gasteiger partial charge on any atom is -0.437 e. The monoisotopic (exact) mass is 449 g/mol. The van der Waals surface area contributed by atoms with Gasteiger partial charge >= 0.3 is 0 Å². The van der Waals surface area contributed by atoms with E-state index in [9.17, 15) is 9.59 Å². The second-order valence-electron chi connectivity index (χ2n) is 9.78. The summed E-state index contributed by atoms with van der Waals surface area (Å²) in [6.07, 6.45) is 6.06. The third kappa shape index (κ3) is 4.99. The van der Waals surface area contributed by atoms with Crippen LogP contribution in [0.25, 0.3) is 11.2 Å². The Morgan fingerprint density at radius 2 is 2.06 bits per heavy atom. The molecule has 2 aromatic heterocycles. The fraction of sp³-hybridized carbons (Fsp3) is 0.440. The number of nitrogens with one attached hydrogen (secondary N) is 3. The zero-order valence-corrected chi connectivity index (χ0v) is 19.8. The van der Waals surface area contributed by atoms with Gasteiger partial charge in [0.05, 0.1) is 17.8 Å². The van der Waals surface area contributed by atoms with Crippen LogP contribution in [0.1, 0.15) is 75.0 Å². The van der Waals surface area contributed by atoms with Crippen LogP contribution < -0.4 is 15.4 Å². The average molecular weight is 450 g/mol.